The Balaban J connectivity index is 3.35. The number of aromatic nitrogens is 1. The van der Waals surface area contributed by atoms with E-state index in [1.54, 1.807) is 0 Å². The summed E-state index contributed by atoms with van der Waals surface area (Å²) >= 11 is 6.38. The summed E-state index contributed by atoms with van der Waals surface area (Å²) in [7, 11) is 0. The van der Waals surface area contributed by atoms with E-state index in [4.69, 9.17) is 11.6 Å². The van der Waals surface area contributed by atoms with E-state index < -0.39 is 39.0 Å². The lowest BCUT2D eigenvalue weighted by Gasteiger charge is -2.16. The van der Waals surface area contributed by atoms with Crippen LogP contribution < -0.4 is 4.74 Å². The molecule has 0 atom stereocenters. The molecule has 0 amide bonds. The van der Waals surface area contributed by atoms with Crippen LogP contribution in [0.15, 0.2) is 6.20 Å². The summed E-state index contributed by atoms with van der Waals surface area (Å²) in [6.45, 7) is 0. The molecule has 102 valence electrons. The van der Waals surface area contributed by atoms with Gasteiger partial charge in [-0.25, -0.2) is 0 Å². The molecule has 0 N–H and O–H groups in total. The first-order chi connectivity index (χ1) is 8.06. The summed E-state index contributed by atoms with van der Waals surface area (Å²) in [6, 6.07) is 0. The minimum Gasteiger partial charge on any atom is -0.403 e. The van der Waals surface area contributed by atoms with Crippen molar-refractivity contribution in [1.82, 2.24) is 4.98 Å². The first-order valence-corrected chi connectivity index (χ1v) is 5.74. The minimum absolute atomic E-state index is 0.553. The maximum absolute atomic E-state index is 12.7. The molecular weight excluding hydrogens is 402 g/mol. The van der Waals surface area contributed by atoms with Crippen LogP contribution in [-0.4, -0.2) is 11.3 Å². The molecule has 0 bridgehead atoms. The molecule has 2 nitrogen and oxygen atoms in total. The number of hydrogen-bond acceptors (Lipinski definition) is 2. The third-order valence-electron chi connectivity index (χ3n) is 1.70. The van der Waals surface area contributed by atoms with Crippen LogP contribution in [0.2, 0.25) is 0 Å². The van der Waals surface area contributed by atoms with Gasteiger partial charge in [0, 0.05) is 0 Å². The third-order valence-corrected chi connectivity index (χ3v) is 3.02. The van der Waals surface area contributed by atoms with Gasteiger partial charge in [0.1, 0.15) is 0 Å². The summed E-state index contributed by atoms with van der Waals surface area (Å²) in [5.41, 5.74) is -1.87. The molecule has 10 heteroatoms. The van der Waals surface area contributed by atoms with E-state index >= 15 is 0 Å². The number of halogens is 8. The quantitative estimate of drug-likeness (QED) is 0.415. The predicted octanol–water partition coefficient (Wildman–Crippen LogP) is 4.34. The Kier molecular flexibility index (Phi) is 4.57. The molecule has 0 radical (unpaired) electrons. The second-order valence-corrected chi connectivity index (χ2v) is 4.28. The van der Waals surface area contributed by atoms with Crippen LogP contribution in [0.3, 0.4) is 0 Å². The molecule has 1 heterocycles. The van der Waals surface area contributed by atoms with Crippen LogP contribution >= 0.6 is 34.2 Å². The van der Waals surface area contributed by atoms with E-state index in [9.17, 15) is 26.3 Å². The van der Waals surface area contributed by atoms with Crippen LogP contribution in [0, 0.1) is 3.57 Å². The normalized spacial score (nSPS) is 12.7. The van der Waals surface area contributed by atoms with Crippen molar-refractivity contribution in [3.63, 3.8) is 0 Å². The number of hydrogen-bond donors (Lipinski definition) is 0. The van der Waals surface area contributed by atoms with Crippen LogP contribution in [0.25, 0.3) is 0 Å². The lowest BCUT2D eigenvalue weighted by Crippen LogP contribution is -2.20. The van der Waals surface area contributed by atoms with E-state index in [-0.39, 0.29) is 0 Å². The highest BCUT2D eigenvalue weighted by molar-refractivity contribution is 14.1. The molecule has 0 saturated carbocycles. The highest BCUT2D eigenvalue weighted by Crippen LogP contribution is 2.40. The molecular formula is C8H3ClF6INO. The molecule has 0 aliphatic rings. The third kappa shape index (κ3) is 3.77. The van der Waals surface area contributed by atoms with Crippen molar-refractivity contribution in [3.05, 3.63) is 21.0 Å². The van der Waals surface area contributed by atoms with Gasteiger partial charge in [-0.15, -0.1) is 24.8 Å². The minimum atomic E-state index is -5.09. The first kappa shape index (κ1) is 15.6. The summed E-state index contributed by atoms with van der Waals surface area (Å²) < 4.78 is 76.6. The van der Waals surface area contributed by atoms with Crippen molar-refractivity contribution < 1.29 is 31.1 Å². The Morgan fingerprint density at radius 2 is 1.78 bits per heavy atom. The van der Waals surface area contributed by atoms with Gasteiger partial charge in [-0.2, -0.15) is 13.2 Å². The smallest absolute Gasteiger partial charge is 0.403 e. The largest absolute Gasteiger partial charge is 0.573 e. The van der Waals surface area contributed by atoms with Gasteiger partial charge >= 0.3 is 12.5 Å². The molecule has 0 unspecified atom stereocenters. The molecule has 0 fully saturated rings. The van der Waals surface area contributed by atoms with Crippen molar-refractivity contribution in [2.75, 3.05) is 0 Å². The van der Waals surface area contributed by atoms with E-state index in [0.717, 1.165) is 22.6 Å². The van der Waals surface area contributed by atoms with Gasteiger partial charge in [-0.1, -0.05) is 0 Å². The van der Waals surface area contributed by atoms with Crippen LogP contribution in [0.5, 0.6) is 5.75 Å². The highest BCUT2D eigenvalue weighted by Gasteiger charge is 2.40. The summed E-state index contributed by atoms with van der Waals surface area (Å²) in [5, 5.41) is 0. The van der Waals surface area contributed by atoms with Gasteiger partial charge in [0.15, 0.2) is 5.75 Å². The maximum Gasteiger partial charge on any atom is 0.573 e. The van der Waals surface area contributed by atoms with E-state index in [2.05, 4.69) is 9.72 Å². The van der Waals surface area contributed by atoms with Crippen LogP contribution in [0.4, 0.5) is 26.3 Å². The number of rotatable bonds is 2. The number of ether oxygens (including phenoxy) is 1. The standard InChI is InChI=1S/C8H3ClF6INO/c9-1-3-5(7(10,11)12)6(16)4(2-17-3)18-8(13,14)15/h2H,1H2. The number of nitrogens with zero attached hydrogens (tertiary/aromatic N) is 1. The lowest BCUT2D eigenvalue weighted by molar-refractivity contribution is -0.275. The maximum atomic E-state index is 12.7. The van der Waals surface area contributed by atoms with Gasteiger partial charge in [0.25, 0.3) is 0 Å². The van der Waals surface area contributed by atoms with Crippen molar-refractivity contribution in [3.8, 4) is 5.75 Å². The zero-order chi connectivity index (χ0) is 14.1. The molecule has 0 aromatic carbocycles. The molecule has 1 aromatic heterocycles. The van der Waals surface area contributed by atoms with E-state index in [1.165, 1.54) is 0 Å². The summed E-state index contributed by atoms with van der Waals surface area (Å²) in [4.78, 5) is 3.23. The molecule has 0 aliphatic heterocycles. The predicted molar refractivity (Wildman–Crippen MR) is 58.2 cm³/mol. The van der Waals surface area contributed by atoms with E-state index in [1.807, 2.05) is 0 Å². The second kappa shape index (κ2) is 5.27. The topological polar surface area (TPSA) is 22.1 Å². The van der Waals surface area contributed by atoms with Gasteiger partial charge in [0.05, 0.1) is 26.9 Å². The molecule has 0 aliphatic carbocycles. The molecule has 0 spiro atoms. The molecule has 1 rings (SSSR count). The lowest BCUT2D eigenvalue weighted by atomic mass is 10.2. The summed E-state index contributed by atoms with van der Waals surface area (Å²) in [6.07, 6.45) is -9.39. The molecule has 0 saturated heterocycles. The Labute approximate surface area is 115 Å². The monoisotopic (exact) mass is 405 g/mol. The average Bonchev–Trinajstić information content (AvgIpc) is 2.16. The number of pyridine rings is 1. The first-order valence-electron chi connectivity index (χ1n) is 4.12. The molecule has 1 aromatic rings. The van der Waals surface area contributed by atoms with E-state index in [0.29, 0.717) is 6.20 Å². The SMILES string of the molecule is FC(F)(F)Oc1cnc(CCl)c(C(F)(F)F)c1I. The van der Waals surface area contributed by atoms with Crippen molar-refractivity contribution >= 4 is 34.2 Å². The fourth-order valence-corrected chi connectivity index (χ4v) is 2.16. The Morgan fingerprint density at radius 1 is 1.22 bits per heavy atom. The Morgan fingerprint density at radius 3 is 2.17 bits per heavy atom. The zero-order valence-corrected chi connectivity index (χ0v) is 11.1. The second-order valence-electron chi connectivity index (χ2n) is 2.94. The Hall–Kier alpha value is -0.450. The van der Waals surface area contributed by atoms with Gasteiger partial charge in [-0.3, -0.25) is 4.98 Å². The van der Waals surface area contributed by atoms with Crippen LogP contribution in [-0.2, 0) is 12.1 Å². The van der Waals surface area contributed by atoms with Crippen molar-refractivity contribution in [1.29, 1.82) is 0 Å². The summed E-state index contributed by atoms with van der Waals surface area (Å²) in [5.74, 6) is -1.58. The van der Waals surface area contributed by atoms with Crippen LogP contribution in [0.1, 0.15) is 11.3 Å². The van der Waals surface area contributed by atoms with Gasteiger partial charge in [0.2, 0.25) is 0 Å². The van der Waals surface area contributed by atoms with Gasteiger partial charge in [-0.05, 0) is 22.6 Å². The van der Waals surface area contributed by atoms with Crippen molar-refractivity contribution in [2.45, 2.75) is 18.4 Å². The Bertz CT molecular complexity index is 446. The van der Waals surface area contributed by atoms with Gasteiger partial charge < -0.3 is 4.74 Å². The zero-order valence-electron chi connectivity index (χ0n) is 8.16. The fourth-order valence-electron chi connectivity index (χ4n) is 1.09. The average molecular weight is 405 g/mol. The van der Waals surface area contributed by atoms with Crippen molar-refractivity contribution in [2.24, 2.45) is 0 Å². The fraction of sp³-hybridized carbons (Fsp3) is 0.375. The number of alkyl halides is 7. The highest BCUT2D eigenvalue weighted by atomic mass is 127. The molecule has 18 heavy (non-hydrogen) atoms.